The molecular formula is C15H16F3NO2. The number of alkyl halides is 3. The van der Waals surface area contributed by atoms with Crippen molar-refractivity contribution >= 4 is 5.91 Å². The lowest BCUT2D eigenvalue weighted by Crippen LogP contribution is -2.53. The molecule has 21 heavy (non-hydrogen) atoms. The molecule has 114 valence electrons. The third-order valence-corrected chi connectivity index (χ3v) is 4.52. The van der Waals surface area contributed by atoms with Gasteiger partial charge in [-0.15, -0.1) is 0 Å². The third-order valence-electron chi connectivity index (χ3n) is 4.52. The van der Waals surface area contributed by atoms with Crippen LogP contribution in [-0.4, -0.2) is 34.7 Å². The lowest BCUT2D eigenvalue weighted by atomic mass is 9.74. The summed E-state index contributed by atoms with van der Waals surface area (Å²) >= 11 is 0. The zero-order valence-electron chi connectivity index (χ0n) is 11.4. The van der Waals surface area contributed by atoms with Crippen molar-refractivity contribution in [1.29, 1.82) is 0 Å². The number of hydrogen-bond donors (Lipinski definition) is 1. The van der Waals surface area contributed by atoms with Crippen molar-refractivity contribution in [3.05, 3.63) is 29.3 Å². The average Bonchev–Trinajstić information content (AvgIpc) is 2.44. The van der Waals surface area contributed by atoms with E-state index >= 15 is 0 Å². The summed E-state index contributed by atoms with van der Waals surface area (Å²) in [5.74, 6) is -1.61. The molecule has 1 aromatic rings. The predicted molar refractivity (Wildman–Crippen MR) is 70.0 cm³/mol. The van der Waals surface area contributed by atoms with Crippen molar-refractivity contribution in [3.63, 3.8) is 0 Å². The van der Waals surface area contributed by atoms with E-state index in [4.69, 9.17) is 0 Å². The Morgan fingerprint density at radius 3 is 2.76 bits per heavy atom. The van der Waals surface area contributed by atoms with Gasteiger partial charge < -0.3 is 10.0 Å². The number of rotatable bonds is 0. The van der Waals surface area contributed by atoms with Gasteiger partial charge in [-0.1, -0.05) is 6.07 Å². The molecule has 0 spiro atoms. The molecule has 0 saturated carbocycles. The fourth-order valence-electron chi connectivity index (χ4n) is 3.67. The minimum atomic E-state index is -4.81. The fraction of sp³-hybridized carbons (Fsp3) is 0.533. The summed E-state index contributed by atoms with van der Waals surface area (Å²) < 4.78 is 38.2. The van der Waals surface area contributed by atoms with Crippen LogP contribution in [0.2, 0.25) is 0 Å². The highest BCUT2D eigenvalue weighted by atomic mass is 19.4. The van der Waals surface area contributed by atoms with E-state index in [0.29, 0.717) is 19.3 Å². The second-order valence-electron chi connectivity index (χ2n) is 5.73. The van der Waals surface area contributed by atoms with E-state index in [2.05, 4.69) is 0 Å². The zero-order chi connectivity index (χ0) is 15.2. The Morgan fingerprint density at radius 2 is 2.05 bits per heavy atom. The monoisotopic (exact) mass is 299 g/mol. The van der Waals surface area contributed by atoms with Gasteiger partial charge in [0.2, 0.25) is 0 Å². The van der Waals surface area contributed by atoms with Crippen molar-refractivity contribution in [1.82, 2.24) is 4.90 Å². The Morgan fingerprint density at radius 1 is 1.29 bits per heavy atom. The number of phenolic OH excluding ortho intramolecular Hbond substituents is 1. The highest BCUT2D eigenvalue weighted by Crippen LogP contribution is 2.42. The number of piperidine rings is 1. The predicted octanol–water partition coefficient (Wildman–Crippen LogP) is 2.98. The molecule has 3 nitrogen and oxygen atoms in total. The molecule has 1 aliphatic heterocycles. The maximum Gasteiger partial charge on any atom is 0.471 e. The molecular weight excluding hydrogens is 283 g/mol. The Balaban J connectivity index is 1.92. The van der Waals surface area contributed by atoms with Crippen LogP contribution in [0.15, 0.2) is 18.2 Å². The van der Waals surface area contributed by atoms with Gasteiger partial charge in [0.15, 0.2) is 0 Å². The number of phenols is 1. The number of aryl methyl sites for hydroxylation is 1. The molecule has 0 bridgehead atoms. The first-order valence-electron chi connectivity index (χ1n) is 7.07. The van der Waals surface area contributed by atoms with Crippen LogP contribution in [0.4, 0.5) is 13.2 Å². The molecule has 0 aromatic heterocycles. The molecule has 2 unspecified atom stereocenters. The van der Waals surface area contributed by atoms with Crippen LogP contribution >= 0.6 is 0 Å². The largest absolute Gasteiger partial charge is 0.508 e. The number of carbonyl (C=O) groups excluding carboxylic acids is 1. The highest BCUT2D eigenvalue weighted by molar-refractivity contribution is 5.82. The Kier molecular flexibility index (Phi) is 3.34. The van der Waals surface area contributed by atoms with Crippen molar-refractivity contribution in [3.8, 4) is 5.75 Å². The molecule has 2 aliphatic rings. The van der Waals surface area contributed by atoms with E-state index in [9.17, 15) is 23.1 Å². The number of fused-ring (bicyclic) bond motifs is 3. The summed E-state index contributed by atoms with van der Waals surface area (Å²) in [6, 6.07) is 4.63. The van der Waals surface area contributed by atoms with Crippen LogP contribution in [0, 0.1) is 0 Å². The first-order valence-corrected chi connectivity index (χ1v) is 7.07. The van der Waals surface area contributed by atoms with E-state index in [1.165, 1.54) is 0 Å². The summed E-state index contributed by atoms with van der Waals surface area (Å²) in [5.41, 5.74) is 1.96. The second kappa shape index (κ2) is 4.93. The summed E-state index contributed by atoms with van der Waals surface area (Å²) in [7, 11) is 0. The van der Waals surface area contributed by atoms with E-state index in [1.807, 2.05) is 0 Å². The van der Waals surface area contributed by atoms with Crippen molar-refractivity contribution in [2.45, 2.75) is 43.8 Å². The molecule has 1 aliphatic carbocycles. The summed E-state index contributed by atoms with van der Waals surface area (Å²) in [6.45, 7) is 0.174. The molecule has 6 heteroatoms. The van der Waals surface area contributed by atoms with Gasteiger partial charge >= 0.3 is 12.1 Å². The van der Waals surface area contributed by atoms with Crippen molar-refractivity contribution in [2.24, 2.45) is 0 Å². The third kappa shape index (κ3) is 2.47. The van der Waals surface area contributed by atoms with Crippen LogP contribution in [-0.2, 0) is 11.2 Å². The van der Waals surface area contributed by atoms with Gasteiger partial charge in [0.05, 0.1) is 0 Å². The van der Waals surface area contributed by atoms with Gasteiger partial charge in [0.1, 0.15) is 5.75 Å². The smallest absolute Gasteiger partial charge is 0.471 e. The van der Waals surface area contributed by atoms with Crippen LogP contribution in [0.3, 0.4) is 0 Å². The van der Waals surface area contributed by atoms with Gasteiger partial charge in [-0.25, -0.2) is 0 Å². The average molecular weight is 299 g/mol. The number of halogens is 3. The molecule has 1 aromatic carbocycles. The number of hydrogen-bond acceptors (Lipinski definition) is 2. The Hall–Kier alpha value is -1.72. The molecule has 1 N–H and O–H groups in total. The second-order valence-corrected chi connectivity index (χ2v) is 5.73. The lowest BCUT2D eigenvalue weighted by molar-refractivity contribution is -0.189. The molecule has 1 saturated heterocycles. The highest BCUT2D eigenvalue weighted by Gasteiger charge is 2.48. The van der Waals surface area contributed by atoms with Gasteiger partial charge in [-0.3, -0.25) is 4.79 Å². The quantitative estimate of drug-likeness (QED) is 0.800. The van der Waals surface area contributed by atoms with Crippen LogP contribution < -0.4 is 0 Å². The number of likely N-dealkylation sites (tertiary alicyclic amines) is 1. The van der Waals surface area contributed by atoms with Gasteiger partial charge in [0.25, 0.3) is 0 Å². The van der Waals surface area contributed by atoms with E-state index in [1.54, 1.807) is 18.2 Å². The molecule has 3 rings (SSSR count). The number of benzene rings is 1. The SMILES string of the molecule is O=C(N1CCCC2c3ccc(O)cc3CCC21)C(F)(F)F. The van der Waals surface area contributed by atoms with E-state index in [-0.39, 0.29) is 24.3 Å². The summed E-state index contributed by atoms with van der Waals surface area (Å²) in [4.78, 5) is 12.6. The maximum atomic E-state index is 12.7. The van der Waals surface area contributed by atoms with Gasteiger partial charge in [-0.05, 0) is 48.9 Å². The van der Waals surface area contributed by atoms with E-state index in [0.717, 1.165) is 22.4 Å². The standard InChI is InChI=1S/C15H16F3NO2/c16-15(17,18)14(21)19-7-1-2-12-11-5-4-10(20)8-9(11)3-6-13(12)19/h4-5,8,12-13,20H,1-3,6-7H2. The topological polar surface area (TPSA) is 40.5 Å². The minimum absolute atomic E-state index is 0.0607. The first-order chi connectivity index (χ1) is 9.88. The molecule has 1 fully saturated rings. The Labute approximate surface area is 120 Å². The normalized spacial score (nSPS) is 25.2. The van der Waals surface area contributed by atoms with Crippen molar-refractivity contribution < 1.29 is 23.1 Å². The lowest BCUT2D eigenvalue weighted by Gasteiger charge is -2.45. The number of carbonyl (C=O) groups is 1. The van der Waals surface area contributed by atoms with E-state index < -0.39 is 12.1 Å². The minimum Gasteiger partial charge on any atom is -0.508 e. The van der Waals surface area contributed by atoms with Crippen molar-refractivity contribution in [2.75, 3.05) is 6.54 Å². The zero-order valence-corrected chi connectivity index (χ0v) is 11.4. The Bertz CT molecular complexity index is 571. The molecule has 2 atom stereocenters. The van der Waals surface area contributed by atoms with Crippen LogP contribution in [0.5, 0.6) is 5.75 Å². The molecule has 1 heterocycles. The number of aromatic hydroxyl groups is 1. The summed E-state index contributed by atoms with van der Waals surface area (Å²) in [5, 5.41) is 9.52. The van der Waals surface area contributed by atoms with Gasteiger partial charge in [0, 0.05) is 18.5 Å². The number of nitrogens with zero attached hydrogens (tertiary/aromatic N) is 1. The van der Waals surface area contributed by atoms with Gasteiger partial charge in [-0.2, -0.15) is 13.2 Å². The van der Waals surface area contributed by atoms with Crippen LogP contribution in [0.25, 0.3) is 0 Å². The fourth-order valence-corrected chi connectivity index (χ4v) is 3.67. The maximum absolute atomic E-state index is 12.7. The molecule has 1 amide bonds. The molecule has 0 radical (unpaired) electrons. The van der Waals surface area contributed by atoms with Crippen LogP contribution in [0.1, 0.15) is 36.3 Å². The summed E-state index contributed by atoms with van der Waals surface area (Å²) in [6.07, 6.45) is -2.35. The first kappa shape index (κ1) is 14.2. The number of amides is 1.